The molecule has 2 N–H and O–H groups in total. The molecule has 3 aromatic carbocycles. The summed E-state index contributed by atoms with van der Waals surface area (Å²) in [6.45, 7) is 7.97. The number of nitrogens with one attached hydrogen (secondary N) is 2. The molecule has 0 bridgehead atoms. The van der Waals surface area contributed by atoms with Gasteiger partial charge in [0, 0.05) is 5.56 Å². The summed E-state index contributed by atoms with van der Waals surface area (Å²) in [6.07, 6.45) is -0.812. The Morgan fingerprint density at radius 1 is 0.909 bits per heavy atom. The second-order valence-electron chi connectivity index (χ2n) is 8.72. The molecule has 168 valence electrons. The molecule has 1 atom stereocenters. The smallest absolute Gasteiger partial charge is 0.265 e. The fourth-order valence-corrected chi connectivity index (χ4v) is 3.15. The summed E-state index contributed by atoms with van der Waals surface area (Å²) < 4.78 is 5.67. The van der Waals surface area contributed by atoms with E-state index < -0.39 is 6.10 Å². The molecule has 0 saturated heterocycles. The average Bonchev–Trinajstić information content (AvgIpc) is 2.80. The molecule has 0 aliphatic rings. The van der Waals surface area contributed by atoms with E-state index in [0.717, 1.165) is 5.56 Å². The molecule has 3 aromatic rings. The Kier molecular flexibility index (Phi) is 7.14. The number of rotatable bonds is 6. The quantitative estimate of drug-likeness (QED) is 0.527. The van der Waals surface area contributed by atoms with Gasteiger partial charge in [0.05, 0.1) is 23.0 Å². The highest BCUT2D eigenvalue weighted by Crippen LogP contribution is 2.25. The molecule has 1 unspecified atom stereocenters. The number of para-hydroxylation sites is 2. The van der Waals surface area contributed by atoms with E-state index in [1.165, 1.54) is 0 Å². The Morgan fingerprint density at radius 3 is 2.15 bits per heavy atom. The van der Waals surface area contributed by atoms with Crippen LogP contribution < -0.4 is 15.4 Å². The lowest BCUT2D eigenvalue weighted by atomic mass is 9.87. The lowest BCUT2D eigenvalue weighted by Crippen LogP contribution is -2.30. The van der Waals surface area contributed by atoms with Gasteiger partial charge in [-0.15, -0.1) is 0 Å². The van der Waals surface area contributed by atoms with Crippen LogP contribution in [0.1, 0.15) is 49.2 Å². The summed E-state index contributed by atoms with van der Waals surface area (Å²) >= 11 is 0. The van der Waals surface area contributed by atoms with E-state index in [4.69, 9.17) is 10.00 Å². The van der Waals surface area contributed by atoms with Crippen LogP contribution in [0.25, 0.3) is 0 Å². The van der Waals surface area contributed by atoms with Crippen molar-refractivity contribution in [3.8, 4) is 11.8 Å². The molecule has 0 aromatic heterocycles. The summed E-state index contributed by atoms with van der Waals surface area (Å²) in [5.74, 6) is -0.222. The third kappa shape index (κ3) is 6.20. The van der Waals surface area contributed by atoms with Crippen molar-refractivity contribution >= 4 is 23.2 Å². The van der Waals surface area contributed by atoms with E-state index in [1.54, 1.807) is 67.6 Å². The van der Waals surface area contributed by atoms with E-state index in [1.807, 2.05) is 18.2 Å². The number of amides is 2. The number of carbonyl (C=O) groups excluding carboxylic acids is 2. The fourth-order valence-electron chi connectivity index (χ4n) is 3.15. The van der Waals surface area contributed by atoms with Crippen LogP contribution in [0.5, 0.6) is 5.75 Å². The van der Waals surface area contributed by atoms with Crippen LogP contribution in [0.2, 0.25) is 0 Å². The molecule has 6 heteroatoms. The first-order chi connectivity index (χ1) is 15.7. The molecule has 33 heavy (non-hydrogen) atoms. The van der Waals surface area contributed by atoms with Crippen LogP contribution in [-0.2, 0) is 10.2 Å². The first kappa shape index (κ1) is 23.6. The lowest BCUT2D eigenvalue weighted by molar-refractivity contribution is -0.122. The average molecular weight is 442 g/mol. The van der Waals surface area contributed by atoms with Gasteiger partial charge in [0.1, 0.15) is 5.75 Å². The van der Waals surface area contributed by atoms with Crippen molar-refractivity contribution in [2.24, 2.45) is 0 Å². The summed E-state index contributed by atoms with van der Waals surface area (Å²) in [6, 6.07) is 23.1. The van der Waals surface area contributed by atoms with Gasteiger partial charge in [0.15, 0.2) is 6.10 Å². The number of carbonyl (C=O) groups is 2. The minimum absolute atomic E-state index is 0.000572. The highest BCUT2D eigenvalue weighted by atomic mass is 16.5. The summed E-state index contributed by atoms with van der Waals surface area (Å²) in [4.78, 5) is 25.5. The standard InChI is InChI=1S/C27H27N3O3/c1-18(33-22-9-7-8-19(16-22)17-28)25(31)29-23-10-5-6-11-24(23)30-26(32)20-12-14-21(15-13-20)27(2,3)4/h5-16,18H,1-4H3,(H,29,31)(H,30,32). The third-order valence-electron chi connectivity index (χ3n) is 5.09. The van der Waals surface area contributed by atoms with E-state index in [2.05, 4.69) is 31.4 Å². The highest BCUT2D eigenvalue weighted by molar-refractivity contribution is 6.07. The number of anilines is 2. The molecule has 0 aliphatic carbocycles. The van der Waals surface area contributed by atoms with Crippen LogP contribution in [0.15, 0.2) is 72.8 Å². The molecule has 0 heterocycles. The van der Waals surface area contributed by atoms with E-state index in [0.29, 0.717) is 28.3 Å². The van der Waals surface area contributed by atoms with Crippen molar-refractivity contribution in [2.75, 3.05) is 10.6 Å². The molecule has 0 saturated carbocycles. The molecule has 0 aliphatic heterocycles. The zero-order valence-electron chi connectivity index (χ0n) is 19.2. The second-order valence-corrected chi connectivity index (χ2v) is 8.72. The Morgan fingerprint density at radius 2 is 1.55 bits per heavy atom. The number of hydrogen-bond acceptors (Lipinski definition) is 4. The van der Waals surface area contributed by atoms with Gasteiger partial charge in [0.2, 0.25) is 0 Å². The van der Waals surface area contributed by atoms with Crippen LogP contribution in [-0.4, -0.2) is 17.9 Å². The van der Waals surface area contributed by atoms with Crippen molar-refractivity contribution in [3.05, 3.63) is 89.5 Å². The predicted molar refractivity (Wildman–Crippen MR) is 129 cm³/mol. The van der Waals surface area contributed by atoms with Gasteiger partial charge in [-0.1, -0.05) is 51.1 Å². The minimum Gasteiger partial charge on any atom is -0.481 e. The van der Waals surface area contributed by atoms with Gasteiger partial charge in [0.25, 0.3) is 11.8 Å². The van der Waals surface area contributed by atoms with Crippen molar-refractivity contribution in [2.45, 2.75) is 39.2 Å². The van der Waals surface area contributed by atoms with Gasteiger partial charge in [-0.25, -0.2) is 0 Å². The third-order valence-corrected chi connectivity index (χ3v) is 5.09. The normalized spacial score (nSPS) is 11.7. The first-order valence-electron chi connectivity index (χ1n) is 10.7. The van der Waals surface area contributed by atoms with Gasteiger partial charge in [-0.05, 0) is 60.4 Å². The van der Waals surface area contributed by atoms with Crippen LogP contribution in [0.4, 0.5) is 11.4 Å². The van der Waals surface area contributed by atoms with Crippen LogP contribution in [0, 0.1) is 11.3 Å². The summed E-state index contributed by atoms with van der Waals surface area (Å²) in [5.41, 5.74) is 3.06. The predicted octanol–water partition coefficient (Wildman–Crippen LogP) is 5.51. The maximum absolute atomic E-state index is 12.8. The number of nitrogens with zero attached hydrogens (tertiary/aromatic N) is 1. The van der Waals surface area contributed by atoms with Crippen LogP contribution in [0.3, 0.4) is 0 Å². The minimum atomic E-state index is -0.812. The molecule has 6 nitrogen and oxygen atoms in total. The van der Waals surface area contributed by atoms with Gasteiger partial charge < -0.3 is 15.4 Å². The molecule has 0 fully saturated rings. The maximum atomic E-state index is 12.8. The van der Waals surface area contributed by atoms with Gasteiger partial charge in [-0.2, -0.15) is 5.26 Å². The number of nitriles is 1. The summed E-state index contributed by atoms with van der Waals surface area (Å²) in [5, 5.41) is 14.7. The van der Waals surface area contributed by atoms with Crippen molar-refractivity contribution in [1.29, 1.82) is 5.26 Å². The fraction of sp³-hybridized carbons (Fsp3) is 0.222. The second kappa shape index (κ2) is 10.0. The number of hydrogen-bond donors (Lipinski definition) is 2. The van der Waals surface area contributed by atoms with Crippen molar-refractivity contribution in [3.63, 3.8) is 0 Å². The van der Waals surface area contributed by atoms with E-state index >= 15 is 0 Å². The van der Waals surface area contributed by atoms with Gasteiger partial charge >= 0.3 is 0 Å². The Balaban J connectivity index is 1.69. The molecule has 0 spiro atoms. The van der Waals surface area contributed by atoms with Gasteiger partial charge in [-0.3, -0.25) is 9.59 Å². The van der Waals surface area contributed by atoms with Crippen molar-refractivity contribution in [1.82, 2.24) is 0 Å². The number of benzene rings is 3. The largest absolute Gasteiger partial charge is 0.481 e. The Hall–Kier alpha value is -4.11. The topological polar surface area (TPSA) is 91.2 Å². The molecular weight excluding hydrogens is 414 g/mol. The maximum Gasteiger partial charge on any atom is 0.265 e. The zero-order chi connectivity index (χ0) is 24.0. The molecular formula is C27H27N3O3. The SMILES string of the molecule is CC(Oc1cccc(C#N)c1)C(=O)Nc1ccccc1NC(=O)c1ccc(C(C)(C)C)cc1. The Bertz CT molecular complexity index is 1190. The molecule has 2 amide bonds. The van der Waals surface area contributed by atoms with E-state index in [9.17, 15) is 9.59 Å². The van der Waals surface area contributed by atoms with Crippen LogP contribution >= 0.6 is 0 Å². The first-order valence-corrected chi connectivity index (χ1v) is 10.7. The number of ether oxygens (including phenoxy) is 1. The summed E-state index contributed by atoms with van der Waals surface area (Å²) in [7, 11) is 0. The highest BCUT2D eigenvalue weighted by Gasteiger charge is 2.18. The molecule has 3 rings (SSSR count). The zero-order valence-corrected chi connectivity index (χ0v) is 19.2. The lowest BCUT2D eigenvalue weighted by Gasteiger charge is -2.19. The Labute approximate surface area is 194 Å². The van der Waals surface area contributed by atoms with E-state index in [-0.39, 0.29) is 17.2 Å². The monoisotopic (exact) mass is 441 g/mol. The molecule has 0 radical (unpaired) electrons. The van der Waals surface area contributed by atoms with Crippen molar-refractivity contribution < 1.29 is 14.3 Å².